The number of fused-ring (bicyclic) bond motifs is 1. The number of anilines is 1. The number of nitrogens with zero attached hydrogens (tertiary/aromatic N) is 2. The molecule has 1 aliphatic heterocycles. The van der Waals surface area contributed by atoms with Crippen molar-refractivity contribution in [1.82, 2.24) is 4.90 Å². The highest BCUT2D eigenvalue weighted by molar-refractivity contribution is 5.96. The number of carbonyl (C=O) groups is 2. The largest absolute Gasteiger partial charge is 0.480 e. The van der Waals surface area contributed by atoms with Crippen molar-refractivity contribution in [3.05, 3.63) is 29.8 Å². The maximum atomic E-state index is 12.7. The van der Waals surface area contributed by atoms with E-state index in [0.717, 1.165) is 24.9 Å². The summed E-state index contributed by atoms with van der Waals surface area (Å²) in [7, 11) is 0. The van der Waals surface area contributed by atoms with Gasteiger partial charge in [-0.05, 0) is 44.4 Å². The molecule has 5 nitrogen and oxygen atoms in total. The highest BCUT2D eigenvalue weighted by Gasteiger charge is 2.29. The first-order valence-electron chi connectivity index (χ1n) is 7.87. The van der Waals surface area contributed by atoms with Gasteiger partial charge in [-0.15, -0.1) is 0 Å². The molecule has 1 amide bonds. The summed E-state index contributed by atoms with van der Waals surface area (Å²) in [5.41, 5.74) is 2.16. The molecule has 1 N–H and O–H groups in total. The van der Waals surface area contributed by atoms with E-state index in [2.05, 4.69) is 13.0 Å². The van der Waals surface area contributed by atoms with E-state index in [1.165, 1.54) is 5.56 Å². The molecular weight excluding hydrogens is 280 g/mol. The van der Waals surface area contributed by atoms with E-state index < -0.39 is 5.97 Å². The molecule has 22 heavy (non-hydrogen) atoms. The van der Waals surface area contributed by atoms with Crippen LogP contribution >= 0.6 is 0 Å². The van der Waals surface area contributed by atoms with Gasteiger partial charge in [-0.25, -0.2) is 0 Å². The number of rotatable bonds is 6. The van der Waals surface area contributed by atoms with Gasteiger partial charge >= 0.3 is 5.97 Å². The fourth-order valence-corrected chi connectivity index (χ4v) is 3.06. The Morgan fingerprint density at radius 3 is 2.73 bits per heavy atom. The first-order chi connectivity index (χ1) is 10.5. The summed E-state index contributed by atoms with van der Waals surface area (Å²) in [6.07, 6.45) is 2.75. The Labute approximate surface area is 131 Å². The molecule has 1 unspecified atom stereocenters. The van der Waals surface area contributed by atoms with Gasteiger partial charge in [0.15, 0.2) is 0 Å². The van der Waals surface area contributed by atoms with Crippen molar-refractivity contribution in [1.29, 1.82) is 0 Å². The summed E-state index contributed by atoms with van der Waals surface area (Å²) >= 11 is 0. The molecule has 0 saturated heterocycles. The maximum Gasteiger partial charge on any atom is 0.317 e. The second-order valence-corrected chi connectivity index (χ2v) is 5.88. The Kier molecular flexibility index (Phi) is 5.55. The maximum absolute atomic E-state index is 12.7. The van der Waals surface area contributed by atoms with Gasteiger partial charge in [-0.3, -0.25) is 14.5 Å². The van der Waals surface area contributed by atoms with Crippen LogP contribution in [0.3, 0.4) is 0 Å². The Morgan fingerprint density at radius 1 is 1.32 bits per heavy atom. The van der Waals surface area contributed by atoms with Gasteiger partial charge in [-0.1, -0.05) is 25.1 Å². The van der Waals surface area contributed by atoms with E-state index in [0.29, 0.717) is 6.54 Å². The highest BCUT2D eigenvalue weighted by Crippen LogP contribution is 2.30. The minimum atomic E-state index is -0.895. The molecule has 0 bridgehead atoms. The van der Waals surface area contributed by atoms with Gasteiger partial charge in [0.05, 0.1) is 13.1 Å². The monoisotopic (exact) mass is 304 g/mol. The lowest BCUT2D eigenvalue weighted by molar-refractivity contribution is -0.138. The molecule has 5 heteroatoms. The third kappa shape index (κ3) is 3.85. The molecule has 0 saturated carbocycles. The Bertz CT molecular complexity index is 544. The van der Waals surface area contributed by atoms with Gasteiger partial charge in [0.2, 0.25) is 5.91 Å². The van der Waals surface area contributed by atoms with Gasteiger partial charge < -0.3 is 10.0 Å². The van der Waals surface area contributed by atoms with Crippen LogP contribution in [0.25, 0.3) is 0 Å². The molecular formula is C17H24N2O3. The summed E-state index contributed by atoms with van der Waals surface area (Å²) in [5, 5.41) is 8.98. The first-order valence-corrected chi connectivity index (χ1v) is 7.87. The standard InChI is InChI=1S/C17H24N2O3/c1-3-10-18(12-17(21)22)11-16(20)19-13(2)8-9-14-6-4-5-7-15(14)19/h4-7,13H,3,8-12H2,1-2H3,(H,21,22). The minimum absolute atomic E-state index is 0.0191. The van der Waals surface area contributed by atoms with E-state index in [4.69, 9.17) is 5.11 Å². The lowest BCUT2D eigenvalue weighted by atomic mass is 9.96. The quantitative estimate of drug-likeness (QED) is 0.875. The molecule has 0 fully saturated rings. The van der Waals surface area contributed by atoms with Crippen LogP contribution in [0.15, 0.2) is 24.3 Å². The van der Waals surface area contributed by atoms with Crippen molar-refractivity contribution in [2.24, 2.45) is 0 Å². The van der Waals surface area contributed by atoms with Crippen LogP contribution in [0, 0.1) is 0 Å². The normalized spacial score (nSPS) is 17.4. The second-order valence-electron chi connectivity index (χ2n) is 5.88. The van der Waals surface area contributed by atoms with Gasteiger partial charge in [0, 0.05) is 11.7 Å². The Hall–Kier alpha value is -1.88. The fourth-order valence-electron chi connectivity index (χ4n) is 3.06. The molecule has 1 heterocycles. The van der Waals surface area contributed by atoms with Gasteiger partial charge in [0.1, 0.15) is 0 Å². The summed E-state index contributed by atoms with van der Waals surface area (Å²) in [4.78, 5) is 27.2. The van der Waals surface area contributed by atoms with E-state index >= 15 is 0 Å². The number of benzene rings is 1. The van der Waals surface area contributed by atoms with Crippen LogP contribution in [0.2, 0.25) is 0 Å². The molecule has 0 aromatic heterocycles. The lowest BCUT2D eigenvalue weighted by Crippen LogP contribution is -2.48. The van der Waals surface area contributed by atoms with Crippen molar-refractivity contribution in [3.8, 4) is 0 Å². The second kappa shape index (κ2) is 7.40. The van der Waals surface area contributed by atoms with Gasteiger partial charge in [-0.2, -0.15) is 0 Å². The van der Waals surface area contributed by atoms with Crippen molar-refractivity contribution in [3.63, 3.8) is 0 Å². The molecule has 1 aromatic rings. The predicted octanol–water partition coefficient (Wildman–Crippen LogP) is 2.15. The van der Waals surface area contributed by atoms with E-state index in [-0.39, 0.29) is 25.0 Å². The fraction of sp³-hybridized carbons (Fsp3) is 0.529. The number of hydrogen-bond acceptors (Lipinski definition) is 3. The van der Waals surface area contributed by atoms with Crippen molar-refractivity contribution >= 4 is 17.6 Å². The lowest BCUT2D eigenvalue weighted by Gasteiger charge is -2.36. The summed E-state index contributed by atoms with van der Waals surface area (Å²) < 4.78 is 0. The van der Waals surface area contributed by atoms with Crippen LogP contribution < -0.4 is 4.90 Å². The van der Waals surface area contributed by atoms with Crippen molar-refractivity contribution in [2.75, 3.05) is 24.5 Å². The summed E-state index contributed by atoms with van der Waals surface area (Å²) in [6, 6.07) is 8.12. The molecule has 1 atom stereocenters. The molecule has 0 aliphatic carbocycles. The Morgan fingerprint density at radius 2 is 2.05 bits per heavy atom. The number of carbonyl (C=O) groups excluding carboxylic acids is 1. The molecule has 1 aliphatic rings. The molecule has 0 spiro atoms. The third-order valence-electron chi connectivity index (χ3n) is 4.05. The van der Waals surface area contributed by atoms with Crippen LogP contribution in [-0.2, 0) is 16.0 Å². The summed E-state index contributed by atoms with van der Waals surface area (Å²) in [6.45, 7) is 4.71. The SMILES string of the molecule is CCCN(CC(=O)O)CC(=O)N1c2ccccc2CCC1C. The van der Waals surface area contributed by atoms with Crippen molar-refractivity contribution < 1.29 is 14.7 Å². The van der Waals surface area contributed by atoms with Crippen LogP contribution in [0.5, 0.6) is 0 Å². The van der Waals surface area contributed by atoms with E-state index in [9.17, 15) is 9.59 Å². The van der Waals surface area contributed by atoms with Crippen LogP contribution in [-0.4, -0.2) is 47.6 Å². The number of carboxylic acid groups (broad SMARTS) is 1. The zero-order valence-electron chi connectivity index (χ0n) is 13.3. The molecule has 2 rings (SSSR count). The molecule has 1 aromatic carbocycles. The molecule has 0 radical (unpaired) electrons. The Balaban J connectivity index is 2.15. The smallest absolute Gasteiger partial charge is 0.317 e. The predicted molar refractivity (Wildman–Crippen MR) is 86.1 cm³/mol. The zero-order valence-corrected chi connectivity index (χ0v) is 13.3. The van der Waals surface area contributed by atoms with E-state index in [1.807, 2.05) is 30.0 Å². The number of aliphatic carboxylic acids is 1. The number of hydrogen-bond donors (Lipinski definition) is 1. The highest BCUT2D eigenvalue weighted by atomic mass is 16.4. The average molecular weight is 304 g/mol. The zero-order chi connectivity index (χ0) is 16.1. The summed E-state index contributed by atoms with van der Waals surface area (Å²) in [5.74, 6) is -0.914. The number of amides is 1. The van der Waals surface area contributed by atoms with Crippen molar-refractivity contribution in [2.45, 2.75) is 39.2 Å². The topological polar surface area (TPSA) is 60.9 Å². The van der Waals surface area contributed by atoms with Gasteiger partial charge in [0.25, 0.3) is 0 Å². The van der Waals surface area contributed by atoms with E-state index in [1.54, 1.807) is 4.90 Å². The number of para-hydroxylation sites is 1. The average Bonchev–Trinajstić information content (AvgIpc) is 2.46. The van der Waals surface area contributed by atoms with Crippen LogP contribution in [0.1, 0.15) is 32.3 Å². The first kappa shape index (κ1) is 16.5. The third-order valence-corrected chi connectivity index (χ3v) is 4.05. The molecule has 120 valence electrons. The number of carboxylic acids is 1. The van der Waals surface area contributed by atoms with Crippen LogP contribution in [0.4, 0.5) is 5.69 Å². The minimum Gasteiger partial charge on any atom is -0.480 e. The number of aryl methyl sites for hydroxylation is 1.